The summed E-state index contributed by atoms with van der Waals surface area (Å²) in [5, 5.41) is 19.9. The van der Waals surface area contributed by atoms with E-state index < -0.39 is 11.8 Å². The highest BCUT2D eigenvalue weighted by molar-refractivity contribution is 6.40. The molecule has 1 aliphatic heterocycles. The van der Waals surface area contributed by atoms with E-state index in [1.54, 1.807) is 24.3 Å². The summed E-state index contributed by atoms with van der Waals surface area (Å²) in [7, 11) is 2.98. The number of nitrogens with zero attached hydrogens (tertiary/aromatic N) is 6. The number of fused-ring (bicyclic) bond motifs is 3. The van der Waals surface area contributed by atoms with E-state index in [4.69, 9.17) is 5.26 Å². The molecule has 0 unspecified atom stereocenters. The molecule has 0 spiro atoms. The quantitative estimate of drug-likeness (QED) is 0.400. The molecular formula is C21H25N9O3. The first kappa shape index (κ1) is 22.1. The van der Waals surface area contributed by atoms with E-state index in [0.29, 0.717) is 24.1 Å². The summed E-state index contributed by atoms with van der Waals surface area (Å²) in [6.45, 7) is 3.07. The first-order valence-corrected chi connectivity index (χ1v) is 10.6. The lowest BCUT2D eigenvalue weighted by atomic mass is 9.93. The average molecular weight is 451 g/mol. The van der Waals surface area contributed by atoms with Crippen LogP contribution < -0.4 is 10.6 Å². The Bertz CT molecular complexity index is 1270. The summed E-state index contributed by atoms with van der Waals surface area (Å²) in [5.41, 5.74) is 1.42. The summed E-state index contributed by atoms with van der Waals surface area (Å²) in [6.07, 6.45) is 4.13. The maximum absolute atomic E-state index is 12.8. The Morgan fingerprint density at radius 1 is 1.33 bits per heavy atom. The van der Waals surface area contributed by atoms with Gasteiger partial charge in [-0.05, 0) is 18.4 Å². The number of aromatic amines is 1. The van der Waals surface area contributed by atoms with Crippen molar-refractivity contribution in [2.45, 2.75) is 19.4 Å². The summed E-state index contributed by atoms with van der Waals surface area (Å²) in [4.78, 5) is 47.4. The molecule has 0 saturated carbocycles. The predicted octanol–water partition coefficient (Wildman–Crippen LogP) is 1.06. The number of hydrogen-bond acceptors (Lipinski definition) is 6. The minimum Gasteiger partial charge on any atom is -0.351 e. The number of pyridine rings is 1. The molecule has 172 valence electrons. The topological polar surface area (TPSA) is 152 Å². The number of amides is 4. The van der Waals surface area contributed by atoms with Crippen LogP contribution in [0.5, 0.6) is 0 Å². The fourth-order valence-electron chi connectivity index (χ4n) is 4.19. The molecule has 2 atom stereocenters. The molecular weight excluding hydrogens is 426 g/mol. The minimum atomic E-state index is -0.829. The van der Waals surface area contributed by atoms with Crippen molar-refractivity contribution in [3.8, 4) is 6.07 Å². The molecule has 4 rings (SSSR count). The number of urea groups is 1. The number of carbonyl (C=O) groups excluding carboxylic acids is 3. The maximum atomic E-state index is 12.8. The molecule has 0 radical (unpaired) electrons. The maximum Gasteiger partial charge on any atom is 0.320 e. The number of rotatable bonds is 3. The third-order valence-corrected chi connectivity index (χ3v) is 6.05. The van der Waals surface area contributed by atoms with Crippen molar-refractivity contribution in [3.63, 3.8) is 0 Å². The monoisotopic (exact) mass is 451 g/mol. The number of carbonyl (C=O) groups is 3. The van der Waals surface area contributed by atoms with Crippen LogP contribution in [0.3, 0.4) is 0 Å². The summed E-state index contributed by atoms with van der Waals surface area (Å²) < 4.78 is 1.82. The zero-order valence-corrected chi connectivity index (χ0v) is 18.6. The van der Waals surface area contributed by atoms with E-state index in [0.717, 1.165) is 17.3 Å². The van der Waals surface area contributed by atoms with E-state index in [1.807, 2.05) is 16.8 Å². The van der Waals surface area contributed by atoms with Gasteiger partial charge in [0.05, 0.1) is 23.0 Å². The molecule has 1 fully saturated rings. The lowest BCUT2D eigenvalue weighted by Gasteiger charge is -2.38. The van der Waals surface area contributed by atoms with Gasteiger partial charge < -0.3 is 25.4 Å². The first-order chi connectivity index (χ1) is 15.8. The number of likely N-dealkylation sites (N-methyl/N-ethyl adjacent to an activating group) is 1. The molecule has 12 nitrogen and oxygen atoms in total. The van der Waals surface area contributed by atoms with Gasteiger partial charge in [-0.1, -0.05) is 6.92 Å². The van der Waals surface area contributed by atoms with Gasteiger partial charge in [0.15, 0.2) is 5.82 Å². The van der Waals surface area contributed by atoms with E-state index >= 15 is 0 Å². The molecule has 4 heterocycles. The van der Waals surface area contributed by atoms with Crippen LogP contribution in [-0.2, 0) is 9.59 Å². The normalized spacial score (nSPS) is 18.2. The van der Waals surface area contributed by atoms with Crippen molar-refractivity contribution in [2.75, 3.05) is 39.0 Å². The predicted molar refractivity (Wildman–Crippen MR) is 120 cm³/mol. The Kier molecular flexibility index (Phi) is 5.87. The number of H-pyrrole nitrogens is 1. The molecule has 33 heavy (non-hydrogen) atoms. The van der Waals surface area contributed by atoms with Gasteiger partial charge in [0, 0.05) is 45.0 Å². The SMILES string of the molecule is CNC(=O)C(=O)Nc1nn([C@H]2CN(C(=O)N(C)CC#N)CC[C@H]2C)c2c1cnc1[nH]ccc12. The summed E-state index contributed by atoms with van der Waals surface area (Å²) in [6, 6.07) is 3.47. The van der Waals surface area contributed by atoms with E-state index in [9.17, 15) is 14.4 Å². The average Bonchev–Trinajstić information content (AvgIpc) is 3.43. The van der Waals surface area contributed by atoms with Crippen molar-refractivity contribution < 1.29 is 14.4 Å². The fraction of sp³-hybridized carbons (Fsp3) is 0.429. The van der Waals surface area contributed by atoms with Crippen LogP contribution in [0, 0.1) is 17.2 Å². The number of anilines is 1. The van der Waals surface area contributed by atoms with Crippen LogP contribution in [0.1, 0.15) is 19.4 Å². The van der Waals surface area contributed by atoms with Crippen molar-refractivity contribution in [3.05, 3.63) is 18.5 Å². The molecule has 3 aromatic rings. The van der Waals surface area contributed by atoms with Gasteiger partial charge in [-0.3, -0.25) is 14.3 Å². The van der Waals surface area contributed by atoms with Gasteiger partial charge in [-0.2, -0.15) is 10.4 Å². The highest BCUT2D eigenvalue weighted by Gasteiger charge is 2.34. The summed E-state index contributed by atoms with van der Waals surface area (Å²) >= 11 is 0. The fourth-order valence-corrected chi connectivity index (χ4v) is 4.19. The molecule has 3 aromatic heterocycles. The molecule has 4 amide bonds. The minimum absolute atomic E-state index is 0.00552. The highest BCUT2D eigenvalue weighted by Crippen LogP contribution is 2.35. The number of piperidine rings is 1. The smallest absolute Gasteiger partial charge is 0.320 e. The van der Waals surface area contributed by atoms with Gasteiger partial charge in [-0.25, -0.2) is 9.78 Å². The van der Waals surface area contributed by atoms with Gasteiger partial charge in [0.25, 0.3) is 0 Å². The van der Waals surface area contributed by atoms with Crippen molar-refractivity contribution in [2.24, 2.45) is 5.92 Å². The van der Waals surface area contributed by atoms with Gasteiger partial charge in [-0.15, -0.1) is 0 Å². The van der Waals surface area contributed by atoms with Gasteiger partial charge in [0.1, 0.15) is 12.2 Å². The molecule has 12 heteroatoms. The van der Waals surface area contributed by atoms with Crippen LogP contribution in [0.25, 0.3) is 21.9 Å². The lowest BCUT2D eigenvalue weighted by Crippen LogP contribution is -2.48. The Morgan fingerprint density at radius 2 is 2.12 bits per heavy atom. The second kappa shape index (κ2) is 8.78. The second-order valence-electron chi connectivity index (χ2n) is 8.16. The van der Waals surface area contributed by atoms with Gasteiger partial charge in [0.2, 0.25) is 0 Å². The van der Waals surface area contributed by atoms with Crippen LogP contribution in [0.4, 0.5) is 10.6 Å². The third kappa shape index (κ3) is 3.93. The molecule has 1 aliphatic rings. The van der Waals surface area contributed by atoms with Crippen molar-refractivity contribution in [1.82, 2.24) is 34.9 Å². The Hall–Kier alpha value is -4.14. The first-order valence-electron chi connectivity index (χ1n) is 10.6. The standard InChI is InChI=1S/C21H25N9O3/c1-12-5-8-29(21(33)28(3)9-6-22)11-15(12)30-16-13-4-7-24-17(13)25-10-14(16)18(27-30)26-20(32)19(31)23-2/h4,7,10,12,15H,5,8-9,11H2,1-3H3,(H,23,31)(H,24,25)(H,26,27,32)/t12-,15+/m1/s1. The lowest BCUT2D eigenvalue weighted by molar-refractivity contribution is -0.135. The van der Waals surface area contributed by atoms with Crippen LogP contribution in [0.15, 0.2) is 18.5 Å². The third-order valence-electron chi connectivity index (χ3n) is 6.05. The van der Waals surface area contributed by atoms with Crippen molar-refractivity contribution in [1.29, 1.82) is 5.26 Å². The molecule has 0 bridgehead atoms. The largest absolute Gasteiger partial charge is 0.351 e. The van der Waals surface area contributed by atoms with Crippen LogP contribution in [0.2, 0.25) is 0 Å². The number of nitriles is 1. The Balaban J connectivity index is 1.78. The van der Waals surface area contributed by atoms with E-state index in [2.05, 4.69) is 32.6 Å². The number of likely N-dealkylation sites (tertiary alicyclic amines) is 1. The summed E-state index contributed by atoms with van der Waals surface area (Å²) in [5.74, 6) is -1.20. The highest BCUT2D eigenvalue weighted by atomic mass is 16.2. The number of hydrogen-bond donors (Lipinski definition) is 3. The van der Waals surface area contributed by atoms with Crippen LogP contribution in [-0.4, -0.2) is 81.1 Å². The molecule has 0 aromatic carbocycles. The molecule has 1 saturated heterocycles. The van der Waals surface area contributed by atoms with Gasteiger partial charge >= 0.3 is 17.8 Å². The van der Waals surface area contributed by atoms with Crippen molar-refractivity contribution >= 4 is 45.6 Å². The second-order valence-corrected chi connectivity index (χ2v) is 8.16. The zero-order chi connectivity index (χ0) is 23.7. The Labute approximate surface area is 189 Å². The molecule has 3 N–H and O–H groups in total. The van der Waals surface area contributed by atoms with E-state index in [1.165, 1.54) is 11.9 Å². The number of nitrogens with one attached hydrogen (secondary N) is 3. The van der Waals surface area contributed by atoms with E-state index in [-0.39, 0.29) is 30.4 Å². The molecule has 0 aliphatic carbocycles. The Morgan fingerprint density at radius 3 is 2.85 bits per heavy atom. The number of aromatic nitrogens is 4. The zero-order valence-electron chi connectivity index (χ0n) is 18.6. The van der Waals surface area contributed by atoms with Crippen LogP contribution >= 0.6 is 0 Å².